The van der Waals surface area contributed by atoms with Crippen LogP contribution in [0.4, 0.5) is 20.2 Å². The molecule has 4 rings (SSSR count). The average molecular weight is 482 g/mol. The van der Waals surface area contributed by atoms with Gasteiger partial charge < -0.3 is 20.3 Å². The van der Waals surface area contributed by atoms with Gasteiger partial charge in [-0.15, -0.1) is 0 Å². The summed E-state index contributed by atoms with van der Waals surface area (Å²) in [5.74, 6) is -1.23. The van der Waals surface area contributed by atoms with E-state index in [1.165, 1.54) is 24.3 Å². The molecule has 2 amide bonds. The highest BCUT2D eigenvalue weighted by molar-refractivity contribution is 5.94. The number of nitrogens with zero attached hydrogens (tertiary/aromatic N) is 1. The van der Waals surface area contributed by atoms with Gasteiger partial charge in [0.25, 0.3) is 5.91 Å². The van der Waals surface area contributed by atoms with Gasteiger partial charge in [-0.1, -0.05) is 42.5 Å². The number of rotatable bonds is 7. The molecule has 3 aromatic rings. The monoisotopic (exact) mass is 481 g/mol. The summed E-state index contributed by atoms with van der Waals surface area (Å²) in [7, 11) is 0. The zero-order chi connectivity index (χ0) is 25.0. The van der Waals surface area contributed by atoms with Crippen LogP contribution in [-0.4, -0.2) is 44.7 Å². The highest BCUT2D eigenvalue weighted by atomic mass is 19.1. The fraction of sp³-hybridized carbons (Fsp3) is 0.259. The summed E-state index contributed by atoms with van der Waals surface area (Å²) < 4.78 is 31.7. The van der Waals surface area contributed by atoms with Crippen molar-refractivity contribution in [3.63, 3.8) is 0 Å². The van der Waals surface area contributed by atoms with E-state index in [1.807, 2.05) is 37.3 Å². The number of hydrogen-bond donors (Lipinski definition) is 2. The molecule has 35 heavy (non-hydrogen) atoms. The summed E-state index contributed by atoms with van der Waals surface area (Å²) in [4.78, 5) is 24.4. The molecular formula is C27H29F2N3O3. The minimum absolute atomic E-state index is 0.0468. The highest BCUT2D eigenvalue weighted by Crippen LogP contribution is 2.27. The summed E-state index contributed by atoms with van der Waals surface area (Å²) in [6.45, 7) is 4.71. The Morgan fingerprint density at radius 2 is 1.71 bits per heavy atom. The first-order chi connectivity index (χ1) is 17.0. The van der Waals surface area contributed by atoms with Crippen LogP contribution in [-0.2, 0) is 16.0 Å². The first-order valence-electron chi connectivity index (χ1n) is 11.4. The van der Waals surface area contributed by atoms with Gasteiger partial charge in [0.05, 0.1) is 30.2 Å². The standard InChI is InChI=1S/C16H16FNO.C11H13FN2O2/c1-12(11-13-7-3-2-4-8-13)18-16(19)14-9-5-6-10-15(14)17;12-9-1-2-11(10(7-9)13-8-15)14-3-5-16-6-4-14/h2-10,12H,11H2,1H3,(H,18,19);1-2,7-8H,3-6H2,(H,13,15). The van der Waals surface area contributed by atoms with E-state index in [4.69, 9.17) is 4.74 Å². The molecule has 6 nitrogen and oxygen atoms in total. The first kappa shape index (κ1) is 25.8. The van der Waals surface area contributed by atoms with E-state index in [9.17, 15) is 18.4 Å². The van der Waals surface area contributed by atoms with Crippen LogP contribution in [0.3, 0.4) is 0 Å². The normalized spacial score (nSPS) is 13.7. The number of morpholine rings is 1. The molecule has 0 aromatic heterocycles. The number of halogens is 2. The Kier molecular flexibility index (Phi) is 9.74. The van der Waals surface area contributed by atoms with Gasteiger partial charge in [0.1, 0.15) is 11.6 Å². The Hall–Kier alpha value is -3.78. The third kappa shape index (κ3) is 7.89. The minimum Gasteiger partial charge on any atom is -0.378 e. The lowest BCUT2D eigenvalue weighted by Crippen LogP contribution is -2.36. The number of amides is 2. The summed E-state index contributed by atoms with van der Waals surface area (Å²) in [5.41, 5.74) is 2.56. The Bertz CT molecular complexity index is 1110. The van der Waals surface area contributed by atoms with Crippen molar-refractivity contribution < 1.29 is 23.1 Å². The second kappa shape index (κ2) is 13.2. The molecule has 0 bridgehead atoms. The van der Waals surface area contributed by atoms with Crippen molar-refractivity contribution in [1.82, 2.24) is 5.32 Å². The lowest BCUT2D eigenvalue weighted by Gasteiger charge is -2.30. The van der Waals surface area contributed by atoms with Gasteiger partial charge in [-0.3, -0.25) is 9.59 Å². The van der Waals surface area contributed by atoms with E-state index in [1.54, 1.807) is 18.2 Å². The highest BCUT2D eigenvalue weighted by Gasteiger charge is 2.15. The number of hydrogen-bond acceptors (Lipinski definition) is 4. The van der Waals surface area contributed by atoms with Crippen LogP contribution in [0.2, 0.25) is 0 Å². The Morgan fingerprint density at radius 1 is 1.03 bits per heavy atom. The van der Waals surface area contributed by atoms with Crippen LogP contribution in [0.5, 0.6) is 0 Å². The first-order valence-corrected chi connectivity index (χ1v) is 11.4. The molecular weight excluding hydrogens is 452 g/mol. The topological polar surface area (TPSA) is 70.7 Å². The van der Waals surface area contributed by atoms with Crippen molar-refractivity contribution in [2.75, 3.05) is 36.5 Å². The molecule has 0 aliphatic carbocycles. The third-order valence-electron chi connectivity index (χ3n) is 5.41. The van der Waals surface area contributed by atoms with Gasteiger partial charge in [-0.2, -0.15) is 0 Å². The molecule has 2 N–H and O–H groups in total. The van der Waals surface area contributed by atoms with Gasteiger partial charge in [-0.05, 0) is 49.2 Å². The summed E-state index contributed by atoms with van der Waals surface area (Å²) in [6, 6.07) is 20.2. The second-order valence-corrected chi connectivity index (χ2v) is 8.07. The third-order valence-corrected chi connectivity index (χ3v) is 5.41. The zero-order valence-corrected chi connectivity index (χ0v) is 19.5. The Morgan fingerprint density at radius 3 is 2.40 bits per heavy atom. The zero-order valence-electron chi connectivity index (χ0n) is 19.5. The number of carbonyl (C=O) groups is 2. The summed E-state index contributed by atoms with van der Waals surface area (Å²) >= 11 is 0. The van der Waals surface area contributed by atoms with Gasteiger partial charge in [0, 0.05) is 19.1 Å². The van der Waals surface area contributed by atoms with E-state index in [0.717, 1.165) is 30.8 Å². The van der Waals surface area contributed by atoms with Crippen LogP contribution < -0.4 is 15.5 Å². The molecule has 184 valence electrons. The molecule has 1 saturated heterocycles. The van der Waals surface area contributed by atoms with Crippen LogP contribution in [0.1, 0.15) is 22.8 Å². The SMILES string of the molecule is CC(Cc1ccccc1)NC(=O)c1ccccc1F.O=CNc1cc(F)ccc1N1CCOCC1. The predicted octanol–water partition coefficient (Wildman–Crippen LogP) is 4.42. The summed E-state index contributed by atoms with van der Waals surface area (Å²) in [5, 5.41) is 5.32. The largest absolute Gasteiger partial charge is 0.378 e. The smallest absolute Gasteiger partial charge is 0.254 e. The van der Waals surface area contributed by atoms with Crippen LogP contribution >= 0.6 is 0 Å². The average Bonchev–Trinajstić information content (AvgIpc) is 2.86. The molecule has 1 aliphatic heterocycles. The molecule has 1 atom stereocenters. The van der Waals surface area contributed by atoms with Crippen LogP contribution in [0, 0.1) is 11.6 Å². The van der Waals surface area contributed by atoms with E-state index in [0.29, 0.717) is 25.3 Å². The molecule has 0 radical (unpaired) electrons. The molecule has 1 unspecified atom stereocenters. The van der Waals surface area contributed by atoms with E-state index in [2.05, 4.69) is 15.5 Å². The quantitative estimate of drug-likeness (QED) is 0.491. The molecule has 8 heteroatoms. The van der Waals surface area contributed by atoms with Gasteiger partial charge in [0.15, 0.2) is 0 Å². The van der Waals surface area contributed by atoms with Crippen molar-refractivity contribution in [2.45, 2.75) is 19.4 Å². The van der Waals surface area contributed by atoms with E-state index < -0.39 is 5.82 Å². The van der Waals surface area contributed by atoms with E-state index >= 15 is 0 Å². The number of benzene rings is 3. The van der Waals surface area contributed by atoms with Crippen molar-refractivity contribution >= 4 is 23.7 Å². The lowest BCUT2D eigenvalue weighted by atomic mass is 10.1. The number of nitrogens with one attached hydrogen (secondary N) is 2. The molecule has 1 fully saturated rings. The Labute approximate surface area is 203 Å². The maximum atomic E-state index is 13.5. The van der Waals surface area contributed by atoms with Crippen LogP contribution in [0.15, 0.2) is 72.8 Å². The lowest BCUT2D eigenvalue weighted by molar-refractivity contribution is -0.105. The molecule has 0 spiro atoms. The summed E-state index contributed by atoms with van der Waals surface area (Å²) in [6.07, 6.45) is 1.28. The number of ether oxygens (including phenoxy) is 1. The molecule has 1 aliphatic rings. The van der Waals surface area contributed by atoms with Gasteiger partial charge in [0.2, 0.25) is 6.41 Å². The maximum Gasteiger partial charge on any atom is 0.254 e. The molecule has 3 aromatic carbocycles. The fourth-order valence-electron chi connectivity index (χ4n) is 3.73. The van der Waals surface area contributed by atoms with Crippen molar-refractivity contribution in [2.24, 2.45) is 0 Å². The van der Waals surface area contributed by atoms with Crippen molar-refractivity contribution in [1.29, 1.82) is 0 Å². The Balaban J connectivity index is 0.000000198. The van der Waals surface area contributed by atoms with Gasteiger partial charge >= 0.3 is 0 Å². The predicted molar refractivity (Wildman–Crippen MR) is 133 cm³/mol. The van der Waals surface area contributed by atoms with E-state index in [-0.39, 0.29) is 23.3 Å². The van der Waals surface area contributed by atoms with Gasteiger partial charge in [-0.25, -0.2) is 8.78 Å². The number of carbonyl (C=O) groups excluding carboxylic acids is 2. The molecule has 0 saturated carbocycles. The van der Waals surface area contributed by atoms with Crippen molar-refractivity contribution in [3.05, 3.63) is 95.6 Å². The fourth-order valence-corrected chi connectivity index (χ4v) is 3.73. The second-order valence-electron chi connectivity index (χ2n) is 8.07. The minimum atomic E-state index is -0.494. The number of anilines is 2. The molecule has 1 heterocycles. The maximum absolute atomic E-state index is 13.5. The van der Waals surface area contributed by atoms with Crippen LogP contribution in [0.25, 0.3) is 0 Å². The van der Waals surface area contributed by atoms with Crippen molar-refractivity contribution in [3.8, 4) is 0 Å².